The number of benzene rings is 1. The maximum atomic E-state index is 12.8. The highest BCUT2D eigenvalue weighted by Gasteiger charge is 2.31. The smallest absolute Gasteiger partial charge is 0.334 e. The molecule has 5 nitrogen and oxygen atoms in total. The van der Waals surface area contributed by atoms with Gasteiger partial charge in [-0.3, -0.25) is 4.90 Å². The van der Waals surface area contributed by atoms with Crippen LogP contribution in [0, 0.1) is 0 Å². The summed E-state index contributed by atoms with van der Waals surface area (Å²) in [5.74, 6) is 0.607. The predicted molar refractivity (Wildman–Crippen MR) is 82.1 cm³/mol. The predicted octanol–water partition coefficient (Wildman–Crippen LogP) is 2.89. The Bertz CT molecular complexity index is 678. The van der Waals surface area contributed by atoms with Crippen LogP contribution in [0.3, 0.4) is 0 Å². The van der Waals surface area contributed by atoms with Gasteiger partial charge in [0.25, 0.3) is 5.89 Å². The third kappa shape index (κ3) is 3.93. The molecule has 0 bridgehead atoms. The topological polar surface area (TPSA) is 45.4 Å². The first kappa shape index (κ1) is 16.9. The summed E-state index contributed by atoms with van der Waals surface area (Å²) < 4.78 is 43.5. The number of hydrogen-bond acceptors (Lipinski definition) is 5. The van der Waals surface area contributed by atoms with Crippen molar-refractivity contribution in [3.05, 3.63) is 35.7 Å². The fourth-order valence-corrected chi connectivity index (χ4v) is 2.73. The summed E-state index contributed by atoms with van der Waals surface area (Å²) in [4.78, 5) is 8.81. The molecular formula is C16H19F3N4O. The minimum Gasteiger partial charge on any atom is -0.334 e. The number of halogens is 3. The lowest BCUT2D eigenvalue weighted by Crippen LogP contribution is -2.45. The summed E-state index contributed by atoms with van der Waals surface area (Å²) >= 11 is 0. The quantitative estimate of drug-likeness (QED) is 0.856. The highest BCUT2D eigenvalue weighted by molar-refractivity contribution is 5.54. The average Bonchev–Trinajstić information content (AvgIpc) is 3.03. The molecule has 130 valence electrons. The van der Waals surface area contributed by atoms with Gasteiger partial charge in [0, 0.05) is 31.7 Å². The second-order valence-electron chi connectivity index (χ2n) is 5.80. The molecule has 2 aromatic rings. The Labute approximate surface area is 138 Å². The molecular weight excluding hydrogens is 321 g/mol. The number of hydrogen-bond donors (Lipinski definition) is 0. The third-order valence-electron chi connectivity index (χ3n) is 4.18. The van der Waals surface area contributed by atoms with E-state index < -0.39 is 11.7 Å². The fourth-order valence-electron chi connectivity index (χ4n) is 2.73. The van der Waals surface area contributed by atoms with Crippen LogP contribution in [0.5, 0.6) is 0 Å². The molecule has 1 aliphatic heterocycles. The van der Waals surface area contributed by atoms with Crippen LogP contribution in [-0.2, 0) is 12.7 Å². The molecule has 1 aromatic heterocycles. The lowest BCUT2D eigenvalue weighted by atomic mass is 10.1. The molecule has 1 aromatic carbocycles. The number of aromatic nitrogens is 2. The van der Waals surface area contributed by atoms with Gasteiger partial charge >= 0.3 is 6.18 Å². The molecule has 1 saturated heterocycles. The summed E-state index contributed by atoms with van der Waals surface area (Å²) in [7, 11) is 0. The van der Waals surface area contributed by atoms with E-state index in [1.54, 1.807) is 0 Å². The van der Waals surface area contributed by atoms with Gasteiger partial charge in [-0.05, 0) is 24.7 Å². The van der Waals surface area contributed by atoms with Crippen LogP contribution in [0.1, 0.15) is 18.3 Å². The van der Waals surface area contributed by atoms with Crippen LogP contribution >= 0.6 is 0 Å². The van der Waals surface area contributed by atoms with Crippen molar-refractivity contribution in [3.63, 3.8) is 0 Å². The number of piperazine rings is 1. The van der Waals surface area contributed by atoms with Gasteiger partial charge in [-0.1, -0.05) is 18.1 Å². The second kappa shape index (κ2) is 6.90. The molecule has 0 aliphatic carbocycles. The minimum atomic E-state index is -4.39. The van der Waals surface area contributed by atoms with E-state index in [1.165, 1.54) is 12.1 Å². The van der Waals surface area contributed by atoms with Crippen LogP contribution < -0.4 is 0 Å². The van der Waals surface area contributed by atoms with Gasteiger partial charge in [-0.15, -0.1) is 0 Å². The summed E-state index contributed by atoms with van der Waals surface area (Å²) in [6, 6.07) is 4.92. The van der Waals surface area contributed by atoms with Gasteiger partial charge in [-0.2, -0.15) is 18.2 Å². The van der Waals surface area contributed by atoms with Crippen molar-refractivity contribution in [1.82, 2.24) is 19.9 Å². The largest absolute Gasteiger partial charge is 0.416 e. The van der Waals surface area contributed by atoms with E-state index in [0.29, 0.717) is 12.4 Å². The molecule has 0 radical (unpaired) electrons. The highest BCUT2D eigenvalue weighted by atomic mass is 19.4. The van der Waals surface area contributed by atoms with E-state index in [4.69, 9.17) is 4.52 Å². The van der Waals surface area contributed by atoms with Gasteiger partial charge in [-0.25, -0.2) is 0 Å². The summed E-state index contributed by atoms with van der Waals surface area (Å²) in [6.45, 7) is 7.54. The number of alkyl halides is 3. The van der Waals surface area contributed by atoms with Crippen molar-refractivity contribution in [3.8, 4) is 11.5 Å². The Morgan fingerprint density at radius 2 is 1.83 bits per heavy atom. The first-order valence-corrected chi connectivity index (χ1v) is 7.90. The molecule has 0 N–H and O–H groups in total. The van der Waals surface area contributed by atoms with Crippen LogP contribution in [0.25, 0.3) is 11.5 Å². The van der Waals surface area contributed by atoms with Crippen molar-refractivity contribution in [2.45, 2.75) is 19.6 Å². The Hall–Kier alpha value is -1.93. The third-order valence-corrected chi connectivity index (χ3v) is 4.18. The Morgan fingerprint density at radius 1 is 1.12 bits per heavy atom. The standard InChI is InChI=1S/C16H19F3N4O/c1-2-22-6-8-23(9-7-22)11-14-20-15(24-21-14)12-4-3-5-13(10-12)16(17,18)19/h3-5,10H,2,6-9,11H2,1H3. The number of likely N-dealkylation sites (N-methyl/N-ethyl adjacent to an activating group) is 1. The lowest BCUT2D eigenvalue weighted by Gasteiger charge is -2.33. The van der Waals surface area contributed by atoms with E-state index in [1.807, 2.05) is 0 Å². The van der Waals surface area contributed by atoms with Crippen molar-refractivity contribution < 1.29 is 17.7 Å². The Morgan fingerprint density at radius 3 is 2.50 bits per heavy atom. The molecule has 1 fully saturated rings. The number of nitrogens with zero attached hydrogens (tertiary/aromatic N) is 4. The minimum absolute atomic E-state index is 0.114. The molecule has 0 amide bonds. The summed E-state index contributed by atoms with van der Waals surface area (Å²) in [5.41, 5.74) is -0.449. The van der Waals surface area contributed by atoms with Crippen molar-refractivity contribution >= 4 is 0 Å². The van der Waals surface area contributed by atoms with Crippen LogP contribution in [0.2, 0.25) is 0 Å². The fraction of sp³-hybridized carbons (Fsp3) is 0.500. The Balaban J connectivity index is 1.68. The first-order valence-electron chi connectivity index (χ1n) is 7.90. The molecule has 0 unspecified atom stereocenters. The van der Waals surface area contributed by atoms with Crippen LogP contribution in [0.4, 0.5) is 13.2 Å². The van der Waals surface area contributed by atoms with E-state index >= 15 is 0 Å². The van der Waals surface area contributed by atoms with Gasteiger partial charge in [0.2, 0.25) is 0 Å². The van der Waals surface area contributed by atoms with E-state index in [0.717, 1.165) is 44.9 Å². The van der Waals surface area contributed by atoms with Crippen molar-refractivity contribution in [2.75, 3.05) is 32.7 Å². The monoisotopic (exact) mass is 340 g/mol. The van der Waals surface area contributed by atoms with Gasteiger partial charge in [0.05, 0.1) is 12.1 Å². The zero-order valence-electron chi connectivity index (χ0n) is 13.4. The molecule has 24 heavy (non-hydrogen) atoms. The van der Waals surface area contributed by atoms with Crippen LogP contribution in [0.15, 0.2) is 28.8 Å². The Kier molecular flexibility index (Phi) is 4.86. The molecule has 2 heterocycles. The summed E-state index contributed by atoms with van der Waals surface area (Å²) in [6.07, 6.45) is -4.39. The number of rotatable bonds is 4. The zero-order valence-corrected chi connectivity index (χ0v) is 13.4. The van der Waals surface area contributed by atoms with E-state index in [2.05, 4.69) is 26.9 Å². The first-order chi connectivity index (χ1) is 11.5. The zero-order chi connectivity index (χ0) is 17.2. The molecule has 3 rings (SSSR count). The van der Waals surface area contributed by atoms with E-state index in [9.17, 15) is 13.2 Å². The average molecular weight is 340 g/mol. The molecule has 8 heteroatoms. The van der Waals surface area contributed by atoms with Crippen LogP contribution in [-0.4, -0.2) is 52.7 Å². The summed E-state index contributed by atoms with van der Waals surface area (Å²) in [5, 5.41) is 3.90. The normalized spacial score (nSPS) is 17.3. The SMILES string of the molecule is CCN1CCN(Cc2noc(-c3cccc(C(F)(F)F)c3)n2)CC1. The highest BCUT2D eigenvalue weighted by Crippen LogP contribution is 2.31. The molecule has 0 saturated carbocycles. The van der Waals surface area contributed by atoms with Gasteiger partial charge in [0.1, 0.15) is 0 Å². The van der Waals surface area contributed by atoms with Crippen molar-refractivity contribution in [2.24, 2.45) is 0 Å². The van der Waals surface area contributed by atoms with Crippen molar-refractivity contribution in [1.29, 1.82) is 0 Å². The van der Waals surface area contributed by atoms with Gasteiger partial charge in [0.15, 0.2) is 5.82 Å². The lowest BCUT2D eigenvalue weighted by molar-refractivity contribution is -0.137. The molecule has 1 aliphatic rings. The van der Waals surface area contributed by atoms with E-state index in [-0.39, 0.29) is 11.5 Å². The van der Waals surface area contributed by atoms with Gasteiger partial charge < -0.3 is 9.42 Å². The second-order valence-corrected chi connectivity index (χ2v) is 5.80. The molecule has 0 spiro atoms. The maximum absolute atomic E-state index is 12.8. The maximum Gasteiger partial charge on any atom is 0.416 e. The molecule has 0 atom stereocenters.